The molecule has 126 valence electrons. The van der Waals surface area contributed by atoms with Gasteiger partial charge in [-0.3, -0.25) is 14.9 Å². The minimum absolute atomic E-state index is 0.0243. The van der Waals surface area contributed by atoms with Gasteiger partial charge >= 0.3 is 0 Å². The summed E-state index contributed by atoms with van der Waals surface area (Å²) in [7, 11) is 3.93. The van der Waals surface area contributed by atoms with Crippen LogP contribution in [0.2, 0.25) is 0 Å². The van der Waals surface area contributed by atoms with Crippen molar-refractivity contribution in [2.24, 2.45) is 5.92 Å². The van der Waals surface area contributed by atoms with E-state index in [1.165, 1.54) is 12.3 Å². The van der Waals surface area contributed by atoms with E-state index in [9.17, 15) is 14.9 Å². The number of hydrogen-bond donors (Lipinski definition) is 1. The van der Waals surface area contributed by atoms with Gasteiger partial charge in [0.1, 0.15) is 12.0 Å². The first-order valence-electron chi connectivity index (χ1n) is 7.75. The quantitative estimate of drug-likeness (QED) is 0.618. The van der Waals surface area contributed by atoms with Crippen LogP contribution in [0.1, 0.15) is 12.8 Å². The number of hydrogen-bond acceptors (Lipinski definition) is 6. The van der Waals surface area contributed by atoms with Crippen LogP contribution in [0.15, 0.2) is 18.3 Å². The van der Waals surface area contributed by atoms with Gasteiger partial charge < -0.3 is 15.1 Å². The first-order valence-corrected chi connectivity index (χ1v) is 7.75. The Balaban J connectivity index is 1.92. The van der Waals surface area contributed by atoms with Gasteiger partial charge in [0.25, 0.3) is 5.69 Å². The Labute approximate surface area is 135 Å². The maximum atomic E-state index is 12.2. The van der Waals surface area contributed by atoms with Gasteiger partial charge in [-0.05, 0) is 33.0 Å². The van der Waals surface area contributed by atoms with Gasteiger partial charge in [0.2, 0.25) is 5.91 Å². The van der Waals surface area contributed by atoms with Crippen LogP contribution in [0.3, 0.4) is 0 Å². The molecule has 1 aliphatic rings. The molecule has 1 atom stereocenters. The molecule has 2 heterocycles. The second-order valence-corrected chi connectivity index (χ2v) is 6.01. The van der Waals surface area contributed by atoms with Gasteiger partial charge in [0.05, 0.1) is 10.8 Å². The fourth-order valence-corrected chi connectivity index (χ4v) is 2.62. The highest BCUT2D eigenvalue weighted by molar-refractivity contribution is 5.79. The number of anilines is 1. The van der Waals surface area contributed by atoms with Crippen molar-refractivity contribution in [3.8, 4) is 0 Å². The lowest BCUT2D eigenvalue weighted by molar-refractivity contribution is -0.385. The van der Waals surface area contributed by atoms with Gasteiger partial charge in [-0.2, -0.15) is 0 Å². The van der Waals surface area contributed by atoms with Crippen LogP contribution >= 0.6 is 0 Å². The molecule has 8 nitrogen and oxygen atoms in total. The second-order valence-electron chi connectivity index (χ2n) is 6.01. The minimum atomic E-state index is -0.464. The first kappa shape index (κ1) is 17.1. The summed E-state index contributed by atoms with van der Waals surface area (Å²) in [6.45, 7) is 2.86. The highest BCUT2D eigenvalue weighted by atomic mass is 16.6. The lowest BCUT2D eigenvalue weighted by atomic mass is 9.97. The summed E-state index contributed by atoms with van der Waals surface area (Å²) in [5, 5.41) is 13.6. The molecule has 1 aliphatic heterocycles. The fraction of sp³-hybridized carbons (Fsp3) is 0.600. The summed E-state index contributed by atoms with van der Waals surface area (Å²) in [6.07, 6.45) is 3.03. The van der Waals surface area contributed by atoms with Gasteiger partial charge in [-0.15, -0.1) is 0 Å². The number of pyridine rings is 1. The van der Waals surface area contributed by atoms with Crippen molar-refractivity contribution in [1.29, 1.82) is 0 Å². The predicted octanol–water partition coefficient (Wildman–Crippen LogP) is 0.884. The summed E-state index contributed by atoms with van der Waals surface area (Å²) in [6, 6.07) is 3.09. The van der Waals surface area contributed by atoms with E-state index in [1.54, 1.807) is 6.07 Å². The SMILES string of the molecule is CN(C)CCNC(=O)C1CCCN(c2ccc([N+](=O)[O-])cn2)C1. The molecule has 1 saturated heterocycles. The molecule has 0 radical (unpaired) electrons. The molecule has 2 rings (SSSR count). The highest BCUT2D eigenvalue weighted by Crippen LogP contribution is 2.23. The predicted molar refractivity (Wildman–Crippen MR) is 87.4 cm³/mol. The number of aromatic nitrogens is 1. The molecule has 0 aliphatic carbocycles. The molecule has 0 bridgehead atoms. The molecule has 1 fully saturated rings. The van der Waals surface area contributed by atoms with Crippen LogP contribution in [-0.2, 0) is 4.79 Å². The standard InChI is InChI=1S/C15H23N5O3/c1-18(2)9-7-16-15(21)12-4-3-8-19(11-12)14-6-5-13(10-17-14)20(22)23/h5-6,10,12H,3-4,7-9,11H2,1-2H3,(H,16,21). The Bertz CT molecular complexity index is 547. The normalized spacial score (nSPS) is 18.0. The van der Waals surface area contributed by atoms with Crippen molar-refractivity contribution in [2.45, 2.75) is 12.8 Å². The van der Waals surface area contributed by atoms with Crippen LogP contribution in [-0.4, -0.2) is 61.0 Å². The zero-order valence-corrected chi connectivity index (χ0v) is 13.6. The summed E-state index contributed by atoms with van der Waals surface area (Å²) in [4.78, 5) is 30.6. The number of nitro groups is 1. The average Bonchev–Trinajstić information content (AvgIpc) is 2.54. The third-order valence-electron chi connectivity index (χ3n) is 3.92. The highest BCUT2D eigenvalue weighted by Gasteiger charge is 2.26. The Kier molecular flexibility index (Phi) is 5.86. The summed E-state index contributed by atoms with van der Waals surface area (Å²) in [5.74, 6) is 0.683. The molecule has 0 aromatic carbocycles. The lowest BCUT2D eigenvalue weighted by Gasteiger charge is -2.32. The fourth-order valence-electron chi connectivity index (χ4n) is 2.62. The molecule has 23 heavy (non-hydrogen) atoms. The number of nitrogens with zero attached hydrogens (tertiary/aromatic N) is 4. The van der Waals surface area contributed by atoms with Crippen LogP contribution < -0.4 is 10.2 Å². The van der Waals surface area contributed by atoms with Crippen molar-refractivity contribution in [3.05, 3.63) is 28.4 Å². The number of likely N-dealkylation sites (N-methyl/N-ethyl adjacent to an activating group) is 1. The van der Waals surface area contributed by atoms with Crippen LogP contribution in [0.25, 0.3) is 0 Å². The molecular formula is C15H23N5O3. The minimum Gasteiger partial charge on any atom is -0.356 e. The van der Waals surface area contributed by atoms with Crippen molar-refractivity contribution >= 4 is 17.4 Å². The smallest absolute Gasteiger partial charge is 0.287 e. The summed E-state index contributed by atoms with van der Waals surface area (Å²) in [5.41, 5.74) is -0.0243. The van der Waals surface area contributed by atoms with Crippen LogP contribution in [0.5, 0.6) is 0 Å². The zero-order chi connectivity index (χ0) is 16.8. The van der Waals surface area contributed by atoms with E-state index in [-0.39, 0.29) is 17.5 Å². The van der Waals surface area contributed by atoms with E-state index in [0.29, 0.717) is 18.9 Å². The Hall–Kier alpha value is -2.22. The van der Waals surface area contributed by atoms with E-state index >= 15 is 0 Å². The van der Waals surface area contributed by atoms with Crippen LogP contribution in [0, 0.1) is 16.0 Å². The second kappa shape index (κ2) is 7.87. The summed E-state index contributed by atoms with van der Waals surface area (Å²) < 4.78 is 0. The topological polar surface area (TPSA) is 91.6 Å². The molecule has 1 unspecified atom stereocenters. The number of piperidine rings is 1. The Morgan fingerprint density at radius 1 is 1.52 bits per heavy atom. The molecule has 1 amide bonds. The van der Waals surface area contributed by atoms with Crippen molar-refractivity contribution < 1.29 is 9.72 Å². The largest absolute Gasteiger partial charge is 0.356 e. The summed E-state index contributed by atoms with van der Waals surface area (Å²) >= 11 is 0. The molecule has 1 aromatic rings. The molecule has 1 aromatic heterocycles. The number of nitrogens with one attached hydrogen (secondary N) is 1. The first-order chi connectivity index (χ1) is 11.0. The van der Waals surface area contributed by atoms with E-state index in [4.69, 9.17) is 0 Å². The maximum Gasteiger partial charge on any atom is 0.287 e. The molecule has 0 saturated carbocycles. The average molecular weight is 321 g/mol. The van der Waals surface area contributed by atoms with E-state index < -0.39 is 4.92 Å². The van der Waals surface area contributed by atoms with Crippen LogP contribution in [0.4, 0.5) is 11.5 Å². The molecular weight excluding hydrogens is 298 g/mol. The van der Waals surface area contributed by atoms with E-state index in [1.807, 2.05) is 23.9 Å². The monoisotopic (exact) mass is 321 g/mol. The van der Waals surface area contributed by atoms with E-state index in [2.05, 4.69) is 10.3 Å². The number of carbonyl (C=O) groups excluding carboxylic acids is 1. The lowest BCUT2D eigenvalue weighted by Crippen LogP contribution is -2.44. The van der Waals surface area contributed by atoms with Crippen molar-refractivity contribution in [3.63, 3.8) is 0 Å². The third kappa shape index (κ3) is 4.88. The third-order valence-corrected chi connectivity index (χ3v) is 3.92. The van der Waals surface area contributed by atoms with Gasteiger partial charge in [-0.1, -0.05) is 0 Å². The molecule has 8 heteroatoms. The number of amides is 1. The Morgan fingerprint density at radius 3 is 2.91 bits per heavy atom. The number of rotatable bonds is 6. The van der Waals surface area contributed by atoms with E-state index in [0.717, 1.165) is 25.9 Å². The van der Waals surface area contributed by atoms with Gasteiger partial charge in [0.15, 0.2) is 0 Å². The maximum absolute atomic E-state index is 12.2. The van der Waals surface area contributed by atoms with Gasteiger partial charge in [-0.25, -0.2) is 4.98 Å². The zero-order valence-electron chi connectivity index (χ0n) is 13.6. The van der Waals surface area contributed by atoms with Gasteiger partial charge in [0, 0.05) is 32.2 Å². The molecule has 0 spiro atoms. The molecule has 1 N–H and O–H groups in total. The Morgan fingerprint density at radius 2 is 2.30 bits per heavy atom. The van der Waals surface area contributed by atoms with Crippen molar-refractivity contribution in [1.82, 2.24) is 15.2 Å². The number of carbonyl (C=O) groups is 1. The van der Waals surface area contributed by atoms with Crippen molar-refractivity contribution in [2.75, 3.05) is 45.2 Å².